The number of ether oxygens (including phenoxy) is 3. The van der Waals surface area contributed by atoms with Crippen molar-refractivity contribution in [2.45, 2.75) is 25.8 Å². The Morgan fingerprint density at radius 1 is 0.970 bits per heavy atom. The van der Waals surface area contributed by atoms with Crippen molar-refractivity contribution in [1.29, 1.82) is 0 Å². The van der Waals surface area contributed by atoms with E-state index < -0.39 is 23.8 Å². The highest BCUT2D eigenvalue weighted by atomic mass is 16.7. The quantitative estimate of drug-likeness (QED) is 0.138. The first kappa shape index (κ1) is 26.0. The fourth-order valence-electron chi connectivity index (χ4n) is 3.26. The molecule has 178 valence electrons. The van der Waals surface area contributed by atoms with Gasteiger partial charge in [-0.25, -0.2) is 10.3 Å². The molecule has 2 unspecified atom stereocenters. The molecule has 0 saturated heterocycles. The van der Waals surface area contributed by atoms with E-state index in [0.717, 1.165) is 5.56 Å². The van der Waals surface area contributed by atoms with Crippen molar-refractivity contribution in [3.8, 4) is 0 Å². The molecule has 2 aromatic rings. The Labute approximate surface area is 193 Å². The maximum Gasteiger partial charge on any atom is 0.337 e. The number of hydrogen-bond acceptors (Lipinski definition) is 7. The van der Waals surface area contributed by atoms with Crippen LogP contribution in [-0.2, 0) is 25.4 Å². The summed E-state index contributed by atoms with van der Waals surface area (Å²) in [6, 6.07) is 14.9. The van der Waals surface area contributed by atoms with Crippen LogP contribution in [-0.4, -0.2) is 56.1 Å². The first-order valence-corrected chi connectivity index (χ1v) is 10.6. The normalized spacial score (nSPS) is 12.5. The molecule has 2 aromatic carbocycles. The van der Waals surface area contributed by atoms with Crippen LogP contribution in [0.15, 0.2) is 54.6 Å². The van der Waals surface area contributed by atoms with E-state index in [1.165, 1.54) is 31.4 Å². The second-order valence-electron chi connectivity index (χ2n) is 7.32. The first-order valence-electron chi connectivity index (χ1n) is 10.6. The van der Waals surface area contributed by atoms with Crippen molar-refractivity contribution in [3.63, 3.8) is 0 Å². The predicted octanol–water partition coefficient (Wildman–Crippen LogP) is 2.34. The van der Waals surface area contributed by atoms with Gasteiger partial charge in [0.15, 0.2) is 0 Å². The summed E-state index contributed by atoms with van der Waals surface area (Å²) in [6.45, 7) is 2.47. The van der Waals surface area contributed by atoms with Crippen molar-refractivity contribution in [2.24, 2.45) is 5.92 Å². The summed E-state index contributed by atoms with van der Waals surface area (Å²) < 4.78 is 15.4. The molecule has 33 heavy (non-hydrogen) atoms. The van der Waals surface area contributed by atoms with E-state index >= 15 is 0 Å². The molecule has 0 saturated carbocycles. The molecule has 0 radical (unpaired) electrons. The average molecular weight is 459 g/mol. The maximum atomic E-state index is 12.8. The summed E-state index contributed by atoms with van der Waals surface area (Å²) in [5.74, 6) is -2.05. The number of amides is 2. The number of methoxy groups -OCH3 is 1. The van der Waals surface area contributed by atoms with E-state index in [0.29, 0.717) is 24.2 Å². The number of carbonyl (C=O) groups is 3. The van der Waals surface area contributed by atoms with Crippen molar-refractivity contribution >= 4 is 17.8 Å². The van der Waals surface area contributed by atoms with Gasteiger partial charge in [0.25, 0.3) is 5.91 Å². The number of hydrogen-bond donors (Lipinski definition) is 3. The van der Waals surface area contributed by atoms with Crippen LogP contribution in [0, 0.1) is 5.92 Å². The molecule has 0 spiro atoms. The third kappa shape index (κ3) is 8.64. The molecular weight excluding hydrogens is 428 g/mol. The lowest BCUT2D eigenvalue weighted by molar-refractivity contribution is -0.134. The molecule has 2 rings (SSSR count). The van der Waals surface area contributed by atoms with Crippen LogP contribution in [0.5, 0.6) is 0 Å². The first-order chi connectivity index (χ1) is 16.0. The Morgan fingerprint density at radius 3 is 2.24 bits per heavy atom. The second kappa shape index (κ2) is 14.0. The van der Waals surface area contributed by atoms with Crippen molar-refractivity contribution in [3.05, 3.63) is 71.3 Å². The number of rotatable bonds is 13. The van der Waals surface area contributed by atoms with Crippen molar-refractivity contribution in [1.82, 2.24) is 10.8 Å². The lowest BCUT2D eigenvalue weighted by Crippen LogP contribution is -2.42. The Balaban J connectivity index is 2.12. The summed E-state index contributed by atoms with van der Waals surface area (Å²) in [5, 5.41) is 12.1. The minimum absolute atomic E-state index is 0.0479. The van der Waals surface area contributed by atoms with Gasteiger partial charge < -0.3 is 19.5 Å². The molecule has 0 heterocycles. The number of esters is 1. The minimum Gasteiger partial charge on any atom is -0.465 e. The molecule has 3 N–H and O–H groups in total. The Kier molecular flexibility index (Phi) is 11.0. The molecule has 2 amide bonds. The van der Waals surface area contributed by atoms with Gasteiger partial charge in [-0.05, 0) is 49.6 Å². The fraction of sp³-hybridized carbons (Fsp3) is 0.375. The maximum absolute atomic E-state index is 12.8. The molecule has 0 aliphatic heterocycles. The van der Waals surface area contributed by atoms with E-state index in [-0.39, 0.29) is 25.7 Å². The molecule has 9 heteroatoms. The number of benzene rings is 2. The average Bonchev–Trinajstić information content (AvgIpc) is 2.85. The van der Waals surface area contributed by atoms with Gasteiger partial charge in [-0.1, -0.05) is 30.3 Å². The Hall–Kier alpha value is -3.27. The predicted molar refractivity (Wildman–Crippen MR) is 120 cm³/mol. The van der Waals surface area contributed by atoms with Crippen LogP contribution in [0.2, 0.25) is 0 Å². The van der Waals surface area contributed by atoms with E-state index in [4.69, 9.17) is 9.47 Å². The summed E-state index contributed by atoms with van der Waals surface area (Å²) in [5.41, 5.74) is 3.30. The molecule has 9 nitrogen and oxygen atoms in total. The molecule has 0 aliphatic rings. The van der Waals surface area contributed by atoms with Gasteiger partial charge in [0.1, 0.15) is 6.79 Å². The zero-order valence-electron chi connectivity index (χ0n) is 18.8. The fourth-order valence-corrected chi connectivity index (χ4v) is 3.26. The van der Waals surface area contributed by atoms with Gasteiger partial charge >= 0.3 is 5.97 Å². The Morgan fingerprint density at radius 2 is 1.64 bits per heavy atom. The lowest BCUT2D eigenvalue weighted by atomic mass is 9.92. The minimum atomic E-state index is -0.611. The van der Waals surface area contributed by atoms with Gasteiger partial charge in [-0.2, -0.15) is 0 Å². The Bertz CT molecular complexity index is 887. The summed E-state index contributed by atoms with van der Waals surface area (Å²) in [7, 11) is 1.28. The SMILES string of the molecule is CCOCOCC(CC(Cc1ccccc1)C(=O)NO)NC(=O)c1ccc(C(=O)OC)cc1. The topological polar surface area (TPSA) is 123 Å². The van der Waals surface area contributed by atoms with Gasteiger partial charge in [-0.15, -0.1) is 0 Å². The highest BCUT2D eigenvalue weighted by Gasteiger charge is 2.25. The van der Waals surface area contributed by atoms with Crippen LogP contribution < -0.4 is 10.8 Å². The van der Waals surface area contributed by atoms with Gasteiger partial charge in [0, 0.05) is 18.1 Å². The van der Waals surface area contributed by atoms with E-state index in [9.17, 15) is 19.6 Å². The second-order valence-corrected chi connectivity index (χ2v) is 7.32. The summed E-state index contributed by atoms with van der Waals surface area (Å²) in [6.07, 6.45) is 0.596. The van der Waals surface area contributed by atoms with E-state index in [2.05, 4.69) is 10.1 Å². The number of carbonyl (C=O) groups excluding carboxylic acids is 3. The van der Waals surface area contributed by atoms with Crippen molar-refractivity contribution in [2.75, 3.05) is 27.1 Å². The van der Waals surface area contributed by atoms with E-state index in [1.54, 1.807) is 5.48 Å². The van der Waals surface area contributed by atoms with Gasteiger partial charge in [-0.3, -0.25) is 14.8 Å². The monoisotopic (exact) mass is 458 g/mol. The van der Waals surface area contributed by atoms with Crippen LogP contribution in [0.4, 0.5) is 0 Å². The van der Waals surface area contributed by atoms with Gasteiger partial charge in [0.2, 0.25) is 5.91 Å². The standard InChI is InChI=1S/C24H30N2O7/c1-3-32-16-33-15-21(14-20(23(28)26-30)13-17-7-5-4-6-8-17)25-22(27)18-9-11-19(12-10-18)24(29)31-2/h4-12,20-21,30H,3,13-16H2,1-2H3,(H,25,27)(H,26,28). The van der Waals surface area contributed by atoms with Crippen LogP contribution in [0.3, 0.4) is 0 Å². The van der Waals surface area contributed by atoms with Gasteiger partial charge in [0.05, 0.1) is 25.3 Å². The zero-order chi connectivity index (χ0) is 24.1. The number of hydroxylamine groups is 1. The highest BCUT2D eigenvalue weighted by Crippen LogP contribution is 2.16. The molecule has 0 fully saturated rings. The van der Waals surface area contributed by atoms with Crippen molar-refractivity contribution < 1.29 is 33.8 Å². The van der Waals surface area contributed by atoms with Crippen LogP contribution >= 0.6 is 0 Å². The zero-order valence-corrected chi connectivity index (χ0v) is 18.8. The van der Waals surface area contributed by atoms with Crippen LogP contribution in [0.1, 0.15) is 39.6 Å². The molecule has 2 atom stereocenters. The summed E-state index contributed by atoms with van der Waals surface area (Å²) >= 11 is 0. The lowest BCUT2D eigenvalue weighted by Gasteiger charge is -2.24. The smallest absolute Gasteiger partial charge is 0.337 e. The third-order valence-electron chi connectivity index (χ3n) is 4.97. The molecule has 0 aromatic heterocycles. The molecule has 0 aliphatic carbocycles. The highest BCUT2D eigenvalue weighted by molar-refractivity contribution is 5.96. The largest absolute Gasteiger partial charge is 0.465 e. The van der Waals surface area contributed by atoms with E-state index in [1.807, 2.05) is 37.3 Å². The number of nitrogens with one attached hydrogen (secondary N) is 2. The molecule has 0 bridgehead atoms. The van der Waals surface area contributed by atoms with Crippen LogP contribution in [0.25, 0.3) is 0 Å². The summed E-state index contributed by atoms with van der Waals surface area (Å²) in [4.78, 5) is 36.7. The molecular formula is C24H30N2O7. The third-order valence-corrected chi connectivity index (χ3v) is 4.97.